The van der Waals surface area contributed by atoms with Crippen LogP contribution in [0.1, 0.15) is 62.8 Å². The zero-order valence-electron chi connectivity index (χ0n) is 32.3. The Morgan fingerprint density at radius 1 is 1.33 bits per heavy atom. The molecule has 1 aromatic carbocycles. The van der Waals surface area contributed by atoms with Crippen molar-refractivity contribution in [2.45, 2.75) is 67.5 Å². The lowest BCUT2D eigenvalue weighted by Gasteiger charge is -2.17. The van der Waals surface area contributed by atoms with Crippen LogP contribution in [0, 0.1) is 11.6 Å². The van der Waals surface area contributed by atoms with Crippen LogP contribution < -0.4 is 5.32 Å². The number of nitrogens with zero attached hydrogens (tertiary/aromatic N) is 5. The van der Waals surface area contributed by atoms with Crippen molar-refractivity contribution in [3.63, 3.8) is 0 Å². The molecule has 194 valence electrons. The van der Waals surface area contributed by atoms with Crippen molar-refractivity contribution in [1.29, 1.82) is 0 Å². The van der Waals surface area contributed by atoms with Gasteiger partial charge in [0.15, 0.2) is 33.8 Å². The Morgan fingerprint density at radius 2 is 2.17 bits per heavy atom. The van der Waals surface area contributed by atoms with Crippen LogP contribution in [0.3, 0.4) is 0 Å². The molecule has 2 aliphatic rings. The standard InChI is InChI=1S/C23H28F2N6O4S/c1-2-7-36-23-27-21(26-15-9-12(15)11-3-4-13(24)14(25)8-11)18-22(28-23)31(30-29-18)16-10-17(35-6-5-32)20(34)19(16)33/h3-4,8,12,15-17,19-20,32-34H,2,5-7,9-10H2,1H3,(H,26,27,28)/t12?,15-,16+,17-,19-,20+/m0/s1/i3D,4D,6D2,7D2,8D,10D2,12D,16D,17D,19D,20D. The minimum Gasteiger partial charge on any atom is -0.394 e. The molecule has 0 saturated heterocycles. The lowest BCUT2D eigenvalue weighted by atomic mass is 10.1. The van der Waals surface area contributed by atoms with Gasteiger partial charge < -0.3 is 25.4 Å². The van der Waals surface area contributed by atoms with Gasteiger partial charge >= 0.3 is 0 Å². The molecule has 1 unspecified atom stereocenters. The fraction of sp³-hybridized carbons (Fsp3) is 0.565. The molecule has 13 heteroatoms. The highest BCUT2D eigenvalue weighted by atomic mass is 32.2. The molecular formula is C23H28F2N6O4S. The molecule has 36 heavy (non-hydrogen) atoms. The number of halogens is 2. The largest absolute Gasteiger partial charge is 0.394 e. The average molecular weight is 537 g/mol. The number of ether oxygens (including phenoxy) is 1. The number of thioether (sulfide) groups is 1. The van der Waals surface area contributed by atoms with Crippen LogP contribution >= 0.6 is 11.8 Å². The summed E-state index contributed by atoms with van der Waals surface area (Å²) in [5.74, 6) is -5.98. The Labute approximate surface area is 229 Å². The molecule has 2 saturated carbocycles. The zero-order chi connectivity index (χ0) is 38.0. The van der Waals surface area contributed by atoms with E-state index in [0.717, 1.165) is 0 Å². The van der Waals surface area contributed by atoms with E-state index in [1.807, 2.05) is 0 Å². The number of nitrogens with one attached hydrogen (secondary N) is 1. The van der Waals surface area contributed by atoms with Crippen molar-refractivity contribution < 1.29 is 48.0 Å². The molecule has 0 aliphatic heterocycles. The van der Waals surface area contributed by atoms with Gasteiger partial charge in [0.1, 0.15) is 12.2 Å². The molecule has 0 amide bonds. The topological polar surface area (TPSA) is 138 Å². The second-order valence-corrected chi connectivity index (χ2v) is 8.19. The fourth-order valence-corrected chi connectivity index (χ4v) is 3.82. The predicted molar refractivity (Wildman–Crippen MR) is 128 cm³/mol. The minimum atomic E-state index is -4.21. The third-order valence-electron chi connectivity index (χ3n) is 4.98. The molecule has 10 nitrogen and oxygen atoms in total. The van der Waals surface area contributed by atoms with E-state index in [-0.39, 0.29) is 17.5 Å². The lowest BCUT2D eigenvalue weighted by Crippen LogP contribution is -2.33. The molecule has 5 rings (SSSR count). The first kappa shape index (κ1) is 13.4. The number of benzene rings is 1. The number of anilines is 1. The van der Waals surface area contributed by atoms with Crippen LogP contribution in [-0.4, -0.2) is 83.4 Å². The average Bonchev–Trinajstić information content (AvgIpc) is 3.43. The lowest BCUT2D eigenvalue weighted by molar-refractivity contribution is -0.0629. The van der Waals surface area contributed by atoms with E-state index in [2.05, 4.69) is 30.3 Å². The van der Waals surface area contributed by atoms with E-state index >= 15 is 0 Å². The number of aliphatic hydroxyl groups is 3. The maximum Gasteiger partial charge on any atom is 0.191 e. The third kappa shape index (κ3) is 4.90. The summed E-state index contributed by atoms with van der Waals surface area (Å²) >= 11 is 0.382. The Morgan fingerprint density at radius 3 is 2.94 bits per heavy atom. The molecule has 2 fully saturated rings. The third-order valence-corrected chi connectivity index (χ3v) is 5.77. The summed E-state index contributed by atoms with van der Waals surface area (Å²) in [5, 5.41) is 41.1. The van der Waals surface area contributed by atoms with Crippen molar-refractivity contribution in [2.24, 2.45) is 0 Å². The Balaban J connectivity index is 1.70. The Bertz CT molecular complexity index is 1870. The normalized spacial score (nSPS) is 45.7. The van der Waals surface area contributed by atoms with Gasteiger partial charge in [0.25, 0.3) is 0 Å². The van der Waals surface area contributed by atoms with Crippen LogP contribution in [0.15, 0.2) is 23.3 Å². The van der Waals surface area contributed by atoms with Gasteiger partial charge in [0.05, 0.1) is 37.6 Å². The van der Waals surface area contributed by atoms with Crippen LogP contribution in [-0.2, 0) is 4.74 Å². The maximum atomic E-state index is 14.4. The predicted octanol–water partition coefficient (Wildman–Crippen LogP) is 2.01. The molecule has 3 aromatic rings. The molecule has 0 radical (unpaired) electrons. The van der Waals surface area contributed by atoms with Gasteiger partial charge in [0.2, 0.25) is 0 Å². The van der Waals surface area contributed by atoms with Crippen LogP contribution in [0.2, 0.25) is 0 Å². The van der Waals surface area contributed by atoms with Crippen molar-refractivity contribution in [1.82, 2.24) is 25.0 Å². The molecular weight excluding hydrogens is 494 g/mol. The number of hydrogen-bond donors (Lipinski definition) is 4. The number of hydrogen-bond acceptors (Lipinski definition) is 10. The van der Waals surface area contributed by atoms with Crippen molar-refractivity contribution in [2.75, 3.05) is 24.2 Å². The maximum absolute atomic E-state index is 14.4. The fourth-order valence-electron chi connectivity index (χ4n) is 3.27. The van der Waals surface area contributed by atoms with Gasteiger partial charge in [-0.25, -0.2) is 23.4 Å². The Kier molecular flexibility index (Phi) is 3.90. The first-order valence-electron chi connectivity index (χ1n) is 17.4. The molecule has 2 heterocycles. The van der Waals surface area contributed by atoms with Gasteiger partial charge in [-0.1, -0.05) is 29.9 Å². The summed E-state index contributed by atoms with van der Waals surface area (Å²) in [7, 11) is 0. The monoisotopic (exact) mass is 536 g/mol. The number of aliphatic hydroxyl groups excluding tert-OH is 1. The smallest absolute Gasteiger partial charge is 0.191 e. The summed E-state index contributed by atoms with van der Waals surface area (Å²) < 4.78 is 149. The van der Waals surface area contributed by atoms with Crippen LogP contribution in [0.4, 0.5) is 14.6 Å². The van der Waals surface area contributed by atoms with Gasteiger partial charge in [-0.15, -0.1) is 5.10 Å². The second-order valence-electron chi connectivity index (χ2n) is 7.34. The van der Waals surface area contributed by atoms with E-state index in [9.17, 15) is 24.1 Å². The summed E-state index contributed by atoms with van der Waals surface area (Å²) in [6.45, 7) is -3.44. The second kappa shape index (κ2) is 10.5. The summed E-state index contributed by atoms with van der Waals surface area (Å²) in [6.07, 6.45) is -16.8. The zero-order valence-corrected chi connectivity index (χ0v) is 19.2. The molecule has 0 spiro atoms. The van der Waals surface area contributed by atoms with Crippen molar-refractivity contribution >= 4 is 28.7 Å². The number of fused-ring (bicyclic) bond motifs is 1. The number of rotatable bonds is 10. The highest BCUT2D eigenvalue weighted by Crippen LogP contribution is 2.44. The van der Waals surface area contributed by atoms with Crippen LogP contribution in [0.25, 0.3) is 11.2 Å². The van der Waals surface area contributed by atoms with E-state index < -0.39 is 119 Å². The molecule has 2 aromatic heterocycles. The highest BCUT2D eigenvalue weighted by Gasteiger charge is 2.45. The summed E-state index contributed by atoms with van der Waals surface area (Å²) in [4.78, 5) is 8.23. The molecule has 2 aliphatic carbocycles. The van der Waals surface area contributed by atoms with E-state index in [0.29, 0.717) is 11.8 Å². The van der Waals surface area contributed by atoms with Gasteiger partial charge in [-0.05, 0) is 30.5 Å². The van der Waals surface area contributed by atoms with E-state index in [4.69, 9.17) is 19.2 Å². The van der Waals surface area contributed by atoms with Gasteiger partial charge in [-0.2, -0.15) is 0 Å². The first-order valence-corrected chi connectivity index (χ1v) is 11.2. The SMILES string of the molecule is [2H]c1c([2H])c(C2([2H])C[C@@H]2Nc2nc(SC([2H])([2H])CC)nc3c2nnn3[C@]2([2H])C([2H])([2H])[C@]([2H])(OC([2H])([2H])CO)[C@@]([2H])(O)[C@@]2([2H])O)c([2H])c(F)c1F. The highest BCUT2D eigenvalue weighted by molar-refractivity contribution is 7.99. The Hall–Kier alpha value is -2.45. The summed E-state index contributed by atoms with van der Waals surface area (Å²) in [5.41, 5.74) is -4.05. The number of aromatic nitrogens is 5. The van der Waals surface area contributed by atoms with Crippen LogP contribution in [0.5, 0.6) is 0 Å². The van der Waals surface area contributed by atoms with Crippen molar-refractivity contribution in [3.8, 4) is 0 Å². The van der Waals surface area contributed by atoms with Crippen molar-refractivity contribution in [3.05, 3.63) is 35.3 Å². The molecule has 4 N–H and O–H groups in total. The quantitative estimate of drug-likeness (QED) is 0.225. The molecule has 6 atom stereocenters. The van der Waals surface area contributed by atoms with E-state index in [1.165, 1.54) is 6.92 Å². The molecule has 0 bridgehead atoms. The minimum absolute atomic E-state index is 0.0772. The van der Waals surface area contributed by atoms with Gasteiger partial charge in [-0.3, -0.25) is 0 Å². The van der Waals surface area contributed by atoms with Gasteiger partial charge in [0, 0.05) is 30.9 Å². The van der Waals surface area contributed by atoms with E-state index in [1.54, 1.807) is 0 Å². The summed E-state index contributed by atoms with van der Waals surface area (Å²) in [6, 6.07) is -8.32. The first-order chi connectivity index (χ1) is 22.6.